The number of fused-ring (bicyclic) bond motifs is 1. The summed E-state index contributed by atoms with van der Waals surface area (Å²) < 4.78 is 1.62. The molecule has 0 saturated heterocycles. The van der Waals surface area contributed by atoms with Crippen molar-refractivity contribution in [2.24, 2.45) is 0 Å². The number of thioether (sulfide) groups is 1. The maximum atomic E-state index is 12.9. The van der Waals surface area contributed by atoms with Gasteiger partial charge in [0, 0.05) is 30.4 Å². The second-order valence-electron chi connectivity index (χ2n) is 7.57. The molecule has 1 aromatic heterocycles. The summed E-state index contributed by atoms with van der Waals surface area (Å²) in [6, 6.07) is 14.0. The molecule has 0 bridgehead atoms. The number of hydrogen-bond donors (Lipinski definition) is 1. The number of amides is 2. The zero-order chi connectivity index (χ0) is 23.3. The average molecular weight is 453 g/mol. The fourth-order valence-corrected chi connectivity index (χ4v) is 4.33. The van der Waals surface area contributed by atoms with Gasteiger partial charge in [-0.25, -0.2) is 4.98 Å². The number of rotatable bonds is 8. The third kappa shape index (κ3) is 5.19. The Kier molecular flexibility index (Phi) is 7.69. The molecule has 0 aliphatic heterocycles. The summed E-state index contributed by atoms with van der Waals surface area (Å²) in [5.41, 5.74) is 1.70. The van der Waals surface area contributed by atoms with E-state index in [4.69, 9.17) is 0 Å². The first-order valence-electron chi connectivity index (χ1n) is 10.7. The molecule has 32 heavy (non-hydrogen) atoms. The zero-order valence-corrected chi connectivity index (χ0v) is 19.6. The number of para-hydroxylation sites is 1. The smallest absolute Gasteiger partial charge is 0.262 e. The first-order valence-corrected chi connectivity index (χ1v) is 11.7. The summed E-state index contributed by atoms with van der Waals surface area (Å²) in [5.74, 6) is -0.134. The van der Waals surface area contributed by atoms with Crippen LogP contribution in [0.1, 0.15) is 44.1 Å². The van der Waals surface area contributed by atoms with E-state index < -0.39 is 0 Å². The Morgan fingerprint density at radius 3 is 2.34 bits per heavy atom. The molecule has 3 rings (SSSR count). The van der Waals surface area contributed by atoms with Crippen LogP contribution >= 0.6 is 11.8 Å². The molecule has 0 spiro atoms. The van der Waals surface area contributed by atoms with E-state index in [1.54, 1.807) is 45.9 Å². The van der Waals surface area contributed by atoms with Crippen LogP contribution < -0.4 is 10.9 Å². The molecule has 0 unspecified atom stereocenters. The van der Waals surface area contributed by atoms with Gasteiger partial charge in [0.1, 0.15) is 0 Å². The molecule has 0 radical (unpaired) electrons. The molecule has 0 aliphatic rings. The van der Waals surface area contributed by atoms with Crippen LogP contribution in [0.3, 0.4) is 0 Å². The normalized spacial score (nSPS) is 11.0. The van der Waals surface area contributed by atoms with Crippen LogP contribution in [0.4, 0.5) is 5.69 Å². The van der Waals surface area contributed by atoms with Crippen molar-refractivity contribution in [2.45, 2.75) is 38.9 Å². The Bertz CT molecular complexity index is 1170. The zero-order valence-electron chi connectivity index (χ0n) is 18.8. The molecule has 1 heterocycles. The average Bonchev–Trinajstić information content (AvgIpc) is 2.78. The standard InChI is InChI=1S/C24H28N4O3S/c1-5-27(6-2)22(30)17-11-13-18(14-12-17)25-21(29)15-32-24-26-20-10-8-7-9-19(20)23(31)28(24)16(3)4/h7-14,16H,5-6,15H2,1-4H3,(H,25,29). The van der Waals surface area contributed by atoms with Crippen molar-refractivity contribution in [2.75, 3.05) is 24.2 Å². The molecule has 0 aliphatic carbocycles. The van der Waals surface area contributed by atoms with E-state index in [9.17, 15) is 14.4 Å². The number of aromatic nitrogens is 2. The lowest BCUT2D eigenvalue weighted by Gasteiger charge is -2.18. The summed E-state index contributed by atoms with van der Waals surface area (Å²) in [5, 5.41) is 3.91. The third-order valence-corrected chi connectivity index (χ3v) is 6.04. The fraction of sp³-hybridized carbons (Fsp3) is 0.333. The van der Waals surface area contributed by atoms with Crippen molar-refractivity contribution < 1.29 is 9.59 Å². The second-order valence-corrected chi connectivity index (χ2v) is 8.51. The molecule has 0 saturated carbocycles. The number of nitrogens with one attached hydrogen (secondary N) is 1. The SMILES string of the molecule is CCN(CC)C(=O)c1ccc(NC(=O)CSc2nc3ccccc3c(=O)n2C(C)C)cc1. The number of carbonyl (C=O) groups is 2. The number of hydrogen-bond acceptors (Lipinski definition) is 5. The lowest BCUT2D eigenvalue weighted by atomic mass is 10.2. The summed E-state index contributed by atoms with van der Waals surface area (Å²) >= 11 is 1.23. The van der Waals surface area contributed by atoms with Crippen LogP contribution in [0.2, 0.25) is 0 Å². The number of carbonyl (C=O) groups excluding carboxylic acids is 2. The fourth-order valence-electron chi connectivity index (χ4n) is 3.40. The lowest BCUT2D eigenvalue weighted by Crippen LogP contribution is -2.30. The Balaban J connectivity index is 1.70. The van der Waals surface area contributed by atoms with Crippen molar-refractivity contribution >= 4 is 40.2 Å². The van der Waals surface area contributed by atoms with Crippen molar-refractivity contribution in [3.05, 3.63) is 64.4 Å². The van der Waals surface area contributed by atoms with Gasteiger partial charge in [-0.1, -0.05) is 23.9 Å². The van der Waals surface area contributed by atoms with Gasteiger partial charge in [-0.2, -0.15) is 0 Å². The predicted octanol–water partition coefficient (Wildman–Crippen LogP) is 4.19. The molecular weight excluding hydrogens is 424 g/mol. The minimum Gasteiger partial charge on any atom is -0.339 e. The van der Waals surface area contributed by atoms with Gasteiger partial charge in [0.05, 0.1) is 16.7 Å². The van der Waals surface area contributed by atoms with Gasteiger partial charge >= 0.3 is 0 Å². The van der Waals surface area contributed by atoms with E-state index in [2.05, 4.69) is 10.3 Å². The van der Waals surface area contributed by atoms with Crippen molar-refractivity contribution in [3.63, 3.8) is 0 Å². The van der Waals surface area contributed by atoms with Crippen LogP contribution in [-0.4, -0.2) is 45.1 Å². The van der Waals surface area contributed by atoms with Crippen molar-refractivity contribution in [1.82, 2.24) is 14.5 Å². The van der Waals surface area contributed by atoms with Gasteiger partial charge in [0.15, 0.2) is 5.16 Å². The van der Waals surface area contributed by atoms with Crippen molar-refractivity contribution in [3.8, 4) is 0 Å². The van der Waals surface area contributed by atoms with Gasteiger partial charge in [-0.15, -0.1) is 0 Å². The molecule has 8 heteroatoms. The predicted molar refractivity (Wildman–Crippen MR) is 129 cm³/mol. The van der Waals surface area contributed by atoms with Crippen LogP contribution in [0.5, 0.6) is 0 Å². The third-order valence-electron chi connectivity index (χ3n) is 5.09. The van der Waals surface area contributed by atoms with E-state index in [0.29, 0.717) is 40.4 Å². The molecule has 3 aromatic rings. The molecule has 2 aromatic carbocycles. The first-order chi connectivity index (χ1) is 15.3. The van der Waals surface area contributed by atoms with E-state index >= 15 is 0 Å². The van der Waals surface area contributed by atoms with Gasteiger partial charge in [0.25, 0.3) is 11.5 Å². The minimum atomic E-state index is -0.212. The maximum absolute atomic E-state index is 12.9. The Labute approximate surface area is 191 Å². The first kappa shape index (κ1) is 23.5. The highest BCUT2D eigenvalue weighted by Crippen LogP contribution is 2.21. The quantitative estimate of drug-likeness (QED) is 0.409. The van der Waals surface area contributed by atoms with E-state index in [1.165, 1.54) is 11.8 Å². The van der Waals surface area contributed by atoms with E-state index in [1.807, 2.05) is 39.8 Å². The minimum absolute atomic E-state index is 0.0301. The molecule has 1 N–H and O–H groups in total. The number of nitrogens with zero attached hydrogens (tertiary/aromatic N) is 3. The van der Waals surface area contributed by atoms with Crippen molar-refractivity contribution in [1.29, 1.82) is 0 Å². The Morgan fingerprint density at radius 2 is 1.72 bits per heavy atom. The summed E-state index contributed by atoms with van der Waals surface area (Å²) in [4.78, 5) is 44.2. The van der Waals surface area contributed by atoms with E-state index in [-0.39, 0.29) is 29.2 Å². The number of anilines is 1. The topological polar surface area (TPSA) is 84.3 Å². The molecule has 0 atom stereocenters. The molecule has 0 fully saturated rings. The largest absolute Gasteiger partial charge is 0.339 e. The number of benzene rings is 2. The van der Waals surface area contributed by atoms with E-state index in [0.717, 1.165) is 0 Å². The van der Waals surface area contributed by atoms with Crippen LogP contribution in [0, 0.1) is 0 Å². The maximum Gasteiger partial charge on any atom is 0.262 e. The van der Waals surface area contributed by atoms with Crippen LogP contribution in [0.25, 0.3) is 10.9 Å². The second kappa shape index (κ2) is 10.5. The summed E-state index contributed by atoms with van der Waals surface area (Å²) in [6.07, 6.45) is 0. The molecule has 2 amide bonds. The van der Waals surface area contributed by atoms with Gasteiger partial charge in [0.2, 0.25) is 5.91 Å². The molecule has 168 valence electrons. The molecule has 7 nitrogen and oxygen atoms in total. The Morgan fingerprint density at radius 1 is 1.06 bits per heavy atom. The molecular formula is C24H28N4O3S. The van der Waals surface area contributed by atoms with Crippen LogP contribution in [0.15, 0.2) is 58.5 Å². The van der Waals surface area contributed by atoms with Gasteiger partial charge < -0.3 is 10.2 Å². The lowest BCUT2D eigenvalue weighted by molar-refractivity contribution is -0.113. The van der Waals surface area contributed by atoms with Crippen LogP contribution in [-0.2, 0) is 4.79 Å². The van der Waals surface area contributed by atoms with Gasteiger partial charge in [-0.05, 0) is 64.1 Å². The highest BCUT2D eigenvalue weighted by atomic mass is 32.2. The summed E-state index contributed by atoms with van der Waals surface area (Å²) in [7, 11) is 0. The highest BCUT2D eigenvalue weighted by molar-refractivity contribution is 7.99. The monoisotopic (exact) mass is 452 g/mol. The summed E-state index contributed by atoms with van der Waals surface area (Å²) in [6.45, 7) is 9.02. The highest BCUT2D eigenvalue weighted by Gasteiger charge is 2.16. The van der Waals surface area contributed by atoms with Gasteiger partial charge in [-0.3, -0.25) is 19.0 Å². The Hall–Kier alpha value is -3.13.